The third-order valence-electron chi connectivity index (χ3n) is 5.98. The lowest BCUT2D eigenvalue weighted by Crippen LogP contribution is -2.28. The number of fused-ring (bicyclic) bond motifs is 2. The van der Waals surface area contributed by atoms with Crippen LogP contribution >= 0.6 is 11.3 Å². The lowest BCUT2D eigenvalue weighted by atomic mass is 9.93. The van der Waals surface area contributed by atoms with E-state index in [9.17, 15) is 5.11 Å². The zero-order valence-corrected chi connectivity index (χ0v) is 18.7. The molecule has 3 aromatic heterocycles. The van der Waals surface area contributed by atoms with Crippen molar-refractivity contribution in [2.45, 2.75) is 44.8 Å². The van der Waals surface area contributed by atoms with E-state index in [1.165, 1.54) is 0 Å². The molecule has 0 aliphatic heterocycles. The maximum Gasteiger partial charge on any atom is 0.178 e. The summed E-state index contributed by atoms with van der Waals surface area (Å²) in [5.41, 5.74) is 2.78. The van der Waals surface area contributed by atoms with E-state index in [1.807, 2.05) is 29.8 Å². The molecular formula is C23H26N4O3S. The normalized spacial score (nSPS) is 19.1. The number of imidazole rings is 1. The van der Waals surface area contributed by atoms with Crippen LogP contribution in [0.25, 0.3) is 26.3 Å². The van der Waals surface area contributed by atoms with E-state index < -0.39 is 0 Å². The van der Waals surface area contributed by atoms with Gasteiger partial charge in [0, 0.05) is 6.04 Å². The zero-order chi connectivity index (χ0) is 21.5. The Bertz CT molecular complexity index is 1240. The fourth-order valence-electron chi connectivity index (χ4n) is 4.38. The van der Waals surface area contributed by atoms with Crippen molar-refractivity contribution < 1.29 is 14.6 Å². The van der Waals surface area contributed by atoms with Crippen LogP contribution in [0.1, 0.15) is 31.2 Å². The van der Waals surface area contributed by atoms with Crippen molar-refractivity contribution in [2.75, 3.05) is 19.5 Å². The number of aliphatic hydroxyl groups is 1. The van der Waals surface area contributed by atoms with E-state index in [0.717, 1.165) is 74.9 Å². The van der Waals surface area contributed by atoms with Gasteiger partial charge in [-0.05, 0) is 67.8 Å². The van der Waals surface area contributed by atoms with Gasteiger partial charge in [0.2, 0.25) is 0 Å². The van der Waals surface area contributed by atoms with Gasteiger partial charge in [-0.1, -0.05) is 0 Å². The fraction of sp³-hybridized carbons (Fsp3) is 0.391. The maximum absolute atomic E-state index is 9.74. The zero-order valence-electron chi connectivity index (χ0n) is 17.9. The van der Waals surface area contributed by atoms with Gasteiger partial charge in [-0.15, -0.1) is 16.4 Å². The van der Waals surface area contributed by atoms with Crippen LogP contribution in [0.5, 0.6) is 11.5 Å². The number of nitrogens with one attached hydrogen (secondary N) is 1. The van der Waals surface area contributed by atoms with Crippen LogP contribution in [0.3, 0.4) is 0 Å². The summed E-state index contributed by atoms with van der Waals surface area (Å²) in [6, 6.07) is 8.57. The van der Waals surface area contributed by atoms with Crippen LogP contribution in [-0.4, -0.2) is 46.1 Å². The number of aliphatic hydroxyl groups excluding tert-OH is 1. The van der Waals surface area contributed by atoms with Gasteiger partial charge in [-0.2, -0.15) is 0 Å². The summed E-state index contributed by atoms with van der Waals surface area (Å²) in [6.07, 6.45) is 5.28. The van der Waals surface area contributed by atoms with Gasteiger partial charge in [0.25, 0.3) is 0 Å². The number of nitrogens with zero attached hydrogens (tertiary/aromatic N) is 3. The number of thiophene rings is 1. The Labute approximate surface area is 184 Å². The van der Waals surface area contributed by atoms with E-state index in [-0.39, 0.29) is 6.10 Å². The first-order valence-electron chi connectivity index (χ1n) is 10.5. The van der Waals surface area contributed by atoms with Crippen LogP contribution in [0, 0.1) is 6.92 Å². The molecule has 1 saturated carbocycles. The third kappa shape index (κ3) is 3.59. The number of anilines is 1. The summed E-state index contributed by atoms with van der Waals surface area (Å²) in [5.74, 6) is 2.35. The minimum Gasteiger partial charge on any atom is -0.493 e. The molecule has 1 fully saturated rings. The summed E-state index contributed by atoms with van der Waals surface area (Å²) < 4.78 is 14.2. The minimum atomic E-state index is -0.166. The number of methoxy groups -OCH3 is 2. The molecular weight excluding hydrogens is 412 g/mol. The van der Waals surface area contributed by atoms with Crippen molar-refractivity contribution in [3.63, 3.8) is 0 Å². The van der Waals surface area contributed by atoms with Gasteiger partial charge in [0.1, 0.15) is 11.5 Å². The first kappa shape index (κ1) is 20.1. The monoisotopic (exact) mass is 438 g/mol. The van der Waals surface area contributed by atoms with E-state index in [0.29, 0.717) is 6.04 Å². The lowest BCUT2D eigenvalue weighted by Gasteiger charge is -2.26. The molecule has 0 spiro atoms. The predicted molar refractivity (Wildman–Crippen MR) is 124 cm³/mol. The molecule has 5 rings (SSSR count). The van der Waals surface area contributed by atoms with Crippen LogP contribution in [0.15, 0.2) is 30.5 Å². The van der Waals surface area contributed by atoms with Crippen molar-refractivity contribution in [2.24, 2.45) is 0 Å². The average Bonchev–Trinajstić information content (AvgIpc) is 3.37. The van der Waals surface area contributed by atoms with E-state index in [1.54, 1.807) is 25.6 Å². The number of hydrogen-bond donors (Lipinski definition) is 2. The molecule has 2 N–H and O–H groups in total. The third-order valence-corrected chi connectivity index (χ3v) is 7.15. The Morgan fingerprint density at radius 2 is 1.87 bits per heavy atom. The molecule has 4 aromatic rings. The highest BCUT2D eigenvalue weighted by atomic mass is 32.1. The van der Waals surface area contributed by atoms with Crippen LogP contribution in [0.4, 0.5) is 5.82 Å². The van der Waals surface area contributed by atoms with Crippen molar-refractivity contribution in [1.29, 1.82) is 0 Å². The van der Waals surface area contributed by atoms with Crippen molar-refractivity contribution in [1.82, 2.24) is 14.6 Å². The van der Waals surface area contributed by atoms with Crippen LogP contribution in [0.2, 0.25) is 0 Å². The molecule has 1 aliphatic rings. The van der Waals surface area contributed by atoms with E-state index in [2.05, 4.69) is 22.4 Å². The summed E-state index contributed by atoms with van der Waals surface area (Å²) in [4.78, 5) is 5.62. The second kappa shape index (κ2) is 8.01. The highest BCUT2D eigenvalue weighted by molar-refractivity contribution is 7.22. The topological polar surface area (TPSA) is 80.9 Å². The minimum absolute atomic E-state index is 0.166. The molecule has 0 atom stereocenters. The Kier molecular flexibility index (Phi) is 5.19. The molecule has 7 nitrogen and oxygen atoms in total. The maximum atomic E-state index is 9.74. The Balaban J connectivity index is 1.53. The highest BCUT2D eigenvalue weighted by Crippen LogP contribution is 2.45. The molecule has 0 saturated heterocycles. The molecule has 0 bridgehead atoms. The Morgan fingerprint density at radius 1 is 1.10 bits per heavy atom. The first-order valence-corrected chi connectivity index (χ1v) is 11.3. The number of aryl methyl sites for hydroxylation is 1. The Hall–Kier alpha value is -2.84. The van der Waals surface area contributed by atoms with Gasteiger partial charge >= 0.3 is 0 Å². The summed E-state index contributed by atoms with van der Waals surface area (Å²) in [5, 5.41) is 19.2. The number of ether oxygens (including phenoxy) is 2. The van der Waals surface area contributed by atoms with Gasteiger partial charge in [-0.25, -0.2) is 9.50 Å². The largest absolute Gasteiger partial charge is 0.493 e. The van der Waals surface area contributed by atoms with Crippen molar-refractivity contribution in [3.8, 4) is 22.1 Å². The van der Waals surface area contributed by atoms with Crippen molar-refractivity contribution in [3.05, 3.63) is 36.0 Å². The van der Waals surface area contributed by atoms with Gasteiger partial charge in [0.15, 0.2) is 17.1 Å². The van der Waals surface area contributed by atoms with Gasteiger partial charge < -0.3 is 19.9 Å². The smallest absolute Gasteiger partial charge is 0.178 e. The molecule has 8 heteroatoms. The van der Waals surface area contributed by atoms with Crippen LogP contribution in [-0.2, 0) is 0 Å². The number of aromatic nitrogens is 3. The van der Waals surface area contributed by atoms with E-state index >= 15 is 0 Å². The SMILES string of the molecule is COc1c(C)cc2cc(-c3cnc4ccc(NC5CCC(O)CC5)nn34)sc2c1OC. The molecule has 162 valence electrons. The first-order chi connectivity index (χ1) is 15.1. The van der Waals surface area contributed by atoms with Crippen LogP contribution < -0.4 is 14.8 Å². The fourth-order valence-corrected chi connectivity index (χ4v) is 5.54. The van der Waals surface area contributed by atoms with E-state index in [4.69, 9.17) is 14.6 Å². The van der Waals surface area contributed by atoms with Gasteiger partial charge in [0.05, 0.1) is 36.1 Å². The average molecular weight is 439 g/mol. The second-order valence-electron chi connectivity index (χ2n) is 8.07. The predicted octanol–water partition coefficient (Wildman–Crippen LogP) is 4.65. The summed E-state index contributed by atoms with van der Waals surface area (Å²) in [6.45, 7) is 2.02. The standard InChI is InChI=1S/C23H26N4O3S/c1-13-10-14-11-18(31-23(14)22(30-3)21(13)29-2)17-12-24-20-9-8-19(26-27(17)20)25-15-4-6-16(28)7-5-15/h8-12,15-16,28H,4-7H2,1-3H3,(H,25,26). The second-order valence-corrected chi connectivity index (χ2v) is 9.12. The molecule has 0 amide bonds. The van der Waals surface area contributed by atoms with Gasteiger partial charge in [-0.3, -0.25) is 0 Å². The number of benzene rings is 1. The summed E-state index contributed by atoms with van der Waals surface area (Å²) in [7, 11) is 3.34. The molecule has 1 aromatic carbocycles. The molecule has 31 heavy (non-hydrogen) atoms. The quantitative estimate of drug-likeness (QED) is 0.472. The Morgan fingerprint density at radius 3 is 2.61 bits per heavy atom. The molecule has 0 unspecified atom stereocenters. The van der Waals surface area contributed by atoms with Crippen molar-refractivity contribution >= 4 is 32.9 Å². The number of hydrogen-bond acceptors (Lipinski definition) is 7. The molecule has 1 aliphatic carbocycles. The molecule has 3 heterocycles. The molecule has 0 radical (unpaired) electrons. The summed E-state index contributed by atoms with van der Waals surface area (Å²) >= 11 is 1.65. The number of rotatable bonds is 5. The lowest BCUT2D eigenvalue weighted by molar-refractivity contribution is 0.126. The highest BCUT2D eigenvalue weighted by Gasteiger charge is 2.21.